The summed E-state index contributed by atoms with van der Waals surface area (Å²) in [5.74, 6) is -0.402. The Hall–Kier alpha value is -1.59. The van der Waals surface area contributed by atoms with Gasteiger partial charge in [-0.15, -0.1) is 0 Å². The molecule has 0 radical (unpaired) electrons. The van der Waals surface area contributed by atoms with Crippen LogP contribution in [0.3, 0.4) is 0 Å². The lowest BCUT2D eigenvalue weighted by molar-refractivity contribution is -0.0650. The molecule has 1 fully saturated rings. The van der Waals surface area contributed by atoms with Crippen LogP contribution in [0.4, 0.5) is 0 Å². The van der Waals surface area contributed by atoms with Crippen LogP contribution in [0.15, 0.2) is 27.4 Å². The molecule has 1 aliphatic rings. The molecule has 5 heteroatoms. The summed E-state index contributed by atoms with van der Waals surface area (Å²) in [7, 11) is 1.96. The molecule has 1 aromatic carbocycles. The first-order chi connectivity index (χ1) is 9.23. The fourth-order valence-corrected chi connectivity index (χ4v) is 2.68. The highest BCUT2D eigenvalue weighted by molar-refractivity contribution is 5.73. The van der Waals surface area contributed by atoms with Gasteiger partial charge in [0.15, 0.2) is 5.58 Å². The molecule has 2 aromatic rings. The van der Waals surface area contributed by atoms with E-state index in [1.165, 1.54) is 5.56 Å². The summed E-state index contributed by atoms with van der Waals surface area (Å²) >= 11 is 0. The number of benzene rings is 1. The van der Waals surface area contributed by atoms with Crippen molar-refractivity contribution in [3.8, 4) is 0 Å². The lowest BCUT2D eigenvalue weighted by Gasteiger charge is -2.42. The summed E-state index contributed by atoms with van der Waals surface area (Å²) in [6.45, 7) is 2.50. The van der Waals surface area contributed by atoms with E-state index in [1.54, 1.807) is 0 Å². The van der Waals surface area contributed by atoms with Gasteiger partial charge in [0.05, 0.1) is 18.7 Å². The van der Waals surface area contributed by atoms with Gasteiger partial charge in [-0.25, -0.2) is 4.79 Å². The fourth-order valence-electron chi connectivity index (χ4n) is 2.68. The molecule has 1 saturated heterocycles. The second-order valence-corrected chi connectivity index (χ2v) is 5.21. The highest BCUT2D eigenvalue weighted by Crippen LogP contribution is 2.37. The molecule has 2 heterocycles. The Kier molecular flexibility index (Phi) is 3.16. The molecule has 0 atom stereocenters. The zero-order valence-electron chi connectivity index (χ0n) is 11.0. The predicted octanol–water partition coefficient (Wildman–Crippen LogP) is 1.39. The Bertz CT molecular complexity index is 625. The molecule has 102 valence electrons. The second-order valence-electron chi connectivity index (χ2n) is 5.21. The fraction of sp³-hybridized carbons (Fsp3) is 0.500. The molecule has 5 nitrogen and oxygen atoms in total. The number of aromatic nitrogens is 1. The van der Waals surface area contributed by atoms with E-state index >= 15 is 0 Å². The Morgan fingerprint density at radius 3 is 2.95 bits per heavy atom. The first kappa shape index (κ1) is 12.4. The number of fused-ring (bicyclic) bond motifs is 1. The minimum absolute atomic E-state index is 0.0842. The van der Waals surface area contributed by atoms with Gasteiger partial charge < -0.3 is 14.5 Å². The van der Waals surface area contributed by atoms with Crippen molar-refractivity contribution >= 4 is 11.1 Å². The number of hydrogen-bond donors (Lipinski definition) is 2. The summed E-state index contributed by atoms with van der Waals surface area (Å²) in [6.07, 6.45) is 2.18. The van der Waals surface area contributed by atoms with Crippen LogP contribution in [0.1, 0.15) is 18.4 Å². The van der Waals surface area contributed by atoms with E-state index in [0.29, 0.717) is 5.58 Å². The standard InChI is InChI=1S/C14H18N2O3/c1-15-6-2-5-14(8-18-9-14)10-3-4-11-12(7-10)19-13(17)16-11/h3-4,7,15H,2,5-6,8-9H2,1H3,(H,16,17). The molecule has 0 saturated carbocycles. The third kappa shape index (κ3) is 2.19. The molecule has 0 unspecified atom stereocenters. The van der Waals surface area contributed by atoms with Gasteiger partial charge in [-0.2, -0.15) is 0 Å². The lowest BCUT2D eigenvalue weighted by Crippen LogP contribution is -2.47. The first-order valence-electron chi connectivity index (χ1n) is 6.59. The molecule has 2 N–H and O–H groups in total. The zero-order valence-corrected chi connectivity index (χ0v) is 11.0. The molecule has 1 aliphatic heterocycles. The van der Waals surface area contributed by atoms with E-state index in [9.17, 15) is 4.79 Å². The highest BCUT2D eigenvalue weighted by atomic mass is 16.5. The number of aromatic amines is 1. The van der Waals surface area contributed by atoms with Crippen LogP contribution in [-0.2, 0) is 10.2 Å². The minimum Gasteiger partial charge on any atom is -0.408 e. The largest absolute Gasteiger partial charge is 0.417 e. The van der Waals surface area contributed by atoms with Crippen molar-refractivity contribution in [2.45, 2.75) is 18.3 Å². The van der Waals surface area contributed by atoms with Crippen LogP contribution in [0.2, 0.25) is 0 Å². The number of ether oxygens (including phenoxy) is 1. The second kappa shape index (κ2) is 4.83. The predicted molar refractivity (Wildman–Crippen MR) is 72.5 cm³/mol. The van der Waals surface area contributed by atoms with Gasteiger partial charge in [0.25, 0.3) is 0 Å². The SMILES string of the molecule is CNCCCC1(c2ccc3[nH]c(=O)oc3c2)COC1. The number of oxazole rings is 1. The smallest absolute Gasteiger partial charge is 0.408 e. The summed E-state index contributed by atoms with van der Waals surface area (Å²) < 4.78 is 10.6. The first-order valence-corrected chi connectivity index (χ1v) is 6.59. The van der Waals surface area contributed by atoms with Crippen molar-refractivity contribution in [2.24, 2.45) is 0 Å². The van der Waals surface area contributed by atoms with Gasteiger partial charge in [-0.1, -0.05) is 6.07 Å². The third-order valence-electron chi connectivity index (χ3n) is 3.87. The summed E-state index contributed by atoms with van der Waals surface area (Å²) in [5, 5.41) is 3.17. The normalized spacial score (nSPS) is 17.5. The van der Waals surface area contributed by atoms with Gasteiger partial charge >= 0.3 is 5.76 Å². The average molecular weight is 262 g/mol. The summed E-state index contributed by atoms with van der Waals surface area (Å²) in [6, 6.07) is 5.94. The molecule has 19 heavy (non-hydrogen) atoms. The van der Waals surface area contributed by atoms with Gasteiger partial charge in [-0.05, 0) is 44.1 Å². The Morgan fingerprint density at radius 2 is 2.26 bits per heavy atom. The molecular formula is C14H18N2O3. The van der Waals surface area contributed by atoms with Gasteiger partial charge in [0.1, 0.15) is 0 Å². The van der Waals surface area contributed by atoms with E-state index in [0.717, 1.165) is 38.1 Å². The van der Waals surface area contributed by atoms with Crippen LogP contribution < -0.4 is 11.1 Å². The summed E-state index contributed by atoms with van der Waals surface area (Å²) in [4.78, 5) is 13.9. The van der Waals surface area contributed by atoms with Crippen LogP contribution in [0, 0.1) is 0 Å². The maximum absolute atomic E-state index is 11.2. The van der Waals surface area contributed by atoms with Gasteiger partial charge in [0, 0.05) is 5.41 Å². The highest BCUT2D eigenvalue weighted by Gasteiger charge is 2.39. The molecule has 1 aromatic heterocycles. The van der Waals surface area contributed by atoms with E-state index in [2.05, 4.69) is 16.4 Å². The van der Waals surface area contributed by atoms with Gasteiger partial charge in [0.2, 0.25) is 0 Å². The molecular weight excluding hydrogens is 244 g/mol. The zero-order chi connectivity index (χ0) is 13.3. The van der Waals surface area contributed by atoms with Gasteiger partial charge in [-0.3, -0.25) is 4.98 Å². The topological polar surface area (TPSA) is 67.3 Å². The van der Waals surface area contributed by atoms with Crippen molar-refractivity contribution in [1.82, 2.24) is 10.3 Å². The van der Waals surface area contributed by atoms with Crippen molar-refractivity contribution in [1.29, 1.82) is 0 Å². The van der Waals surface area contributed by atoms with Crippen LogP contribution in [0.25, 0.3) is 11.1 Å². The van der Waals surface area contributed by atoms with Crippen LogP contribution in [-0.4, -0.2) is 31.8 Å². The van der Waals surface area contributed by atoms with Crippen LogP contribution >= 0.6 is 0 Å². The molecule has 0 spiro atoms. The van der Waals surface area contributed by atoms with E-state index in [4.69, 9.17) is 9.15 Å². The van der Waals surface area contributed by atoms with Crippen molar-refractivity contribution in [2.75, 3.05) is 26.8 Å². The number of hydrogen-bond acceptors (Lipinski definition) is 4. The molecule has 0 amide bonds. The van der Waals surface area contributed by atoms with E-state index in [1.807, 2.05) is 19.2 Å². The number of nitrogens with one attached hydrogen (secondary N) is 2. The van der Waals surface area contributed by atoms with Crippen molar-refractivity contribution in [3.05, 3.63) is 34.3 Å². The Balaban J connectivity index is 1.90. The maximum Gasteiger partial charge on any atom is 0.417 e. The number of rotatable bonds is 5. The lowest BCUT2D eigenvalue weighted by atomic mass is 9.75. The van der Waals surface area contributed by atoms with Crippen LogP contribution in [0.5, 0.6) is 0 Å². The molecule has 3 rings (SSSR count). The number of H-pyrrole nitrogens is 1. The Morgan fingerprint density at radius 1 is 1.42 bits per heavy atom. The summed E-state index contributed by atoms with van der Waals surface area (Å²) in [5.41, 5.74) is 2.66. The maximum atomic E-state index is 11.2. The van der Waals surface area contributed by atoms with E-state index in [-0.39, 0.29) is 5.41 Å². The van der Waals surface area contributed by atoms with E-state index < -0.39 is 5.76 Å². The molecule has 0 aliphatic carbocycles. The monoisotopic (exact) mass is 262 g/mol. The average Bonchev–Trinajstić information content (AvgIpc) is 2.71. The van der Waals surface area contributed by atoms with Crippen molar-refractivity contribution in [3.63, 3.8) is 0 Å². The molecule has 0 bridgehead atoms. The third-order valence-corrected chi connectivity index (χ3v) is 3.87. The minimum atomic E-state index is -0.402. The van der Waals surface area contributed by atoms with Crippen molar-refractivity contribution < 1.29 is 9.15 Å². The quantitative estimate of drug-likeness (QED) is 0.799. The Labute approximate surface area is 111 Å².